The van der Waals surface area contributed by atoms with Crippen LogP contribution in [0.4, 0.5) is 0 Å². The van der Waals surface area contributed by atoms with Gasteiger partial charge in [-0.15, -0.1) is 0 Å². The van der Waals surface area contributed by atoms with E-state index in [1.807, 2.05) is 25.1 Å². The minimum atomic E-state index is 0.309. The number of pyridine rings is 1. The van der Waals surface area contributed by atoms with Crippen LogP contribution < -0.4 is 0 Å². The Labute approximate surface area is 91.7 Å². The zero-order chi connectivity index (χ0) is 10.9. The number of rotatable bonds is 6. The monoisotopic (exact) mass is 205 g/mol. The second-order valence-corrected chi connectivity index (χ2v) is 3.68. The topological polar surface area (TPSA) is 33.1 Å². The van der Waals surface area contributed by atoms with Crippen molar-refractivity contribution in [1.29, 1.82) is 0 Å². The second-order valence-electron chi connectivity index (χ2n) is 3.68. The van der Waals surface area contributed by atoms with E-state index in [-0.39, 0.29) is 0 Å². The Hall–Kier alpha value is -1.15. The van der Waals surface area contributed by atoms with Crippen LogP contribution in [0.2, 0.25) is 0 Å². The van der Waals surface area contributed by atoms with Crippen molar-refractivity contribution in [3.63, 3.8) is 0 Å². The van der Waals surface area contributed by atoms with E-state index in [0.717, 1.165) is 37.1 Å². The fraction of sp³-hybridized carbons (Fsp3) is 0.462. The largest absolute Gasteiger partial charge is 0.396 e. The van der Waals surface area contributed by atoms with Gasteiger partial charge in [-0.25, -0.2) is 0 Å². The molecule has 0 aliphatic heterocycles. The first-order valence-corrected chi connectivity index (χ1v) is 5.54. The lowest BCUT2D eigenvalue weighted by Crippen LogP contribution is -1.84. The van der Waals surface area contributed by atoms with Crippen molar-refractivity contribution in [2.24, 2.45) is 0 Å². The molecule has 0 saturated heterocycles. The summed E-state index contributed by atoms with van der Waals surface area (Å²) in [5.74, 6) is 0. The van der Waals surface area contributed by atoms with Crippen LogP contribution in [0.5, 0.6) is 0 Å². The molecule has 2 nitrogen and oxygen atoms in total. The Morgan fingerprint density at radius 3 is 2.87 bits per heavy atom. The first kappa shape index (κ1) is 11.9. The van der Waals surface area contributed by atoms with Crippen molar-refractivity contribution in [2.45, 2.75) is 32.6 Å². The van der Waals surface area contributed by atoms with E-state index < -0.39 is 0 Å². The Kier molecular flexibility index (Phi) is 5.71. The normalized spacial score (nSPS) is 11.1. The van der Waals surface area contributed by atoms with Gasteiger partial charge in [-0.3, -0.25) is 4.98 Å². The highest BCUT2D eigenvalue weighted by atomic mass is 16.2. The number of allylic oxidation sites excluding steroid dienone is 1. The predicted molar refractivity (Wildman–Crippen MR) is 63.6 cm³/mol. The number of hydrogen-bond acceptors (Lipinski definition) is 2. The molecule has 0 radical (unpaired) electrons. The third-order valence-corrected chi connectivity index (χ3v) is 2.23. The molecule has 0 saturated carbocycles. The van der Waals surface area contributed by atoms with Gasteiger partial charge >= 0.3 is 0 Å². The number of aromatic nitrogens is 1. The maximum absolute atomic E-state index is 8.60. The van der Waals surface area contributed by atoms with Crippen molar-refractivity contribution in [2.75, 3.05) is 6.61 Å². The van der Waals surface area contributed by atoms with Gasteiger partial charge in [0, 0.05) is 12.3 Å². The van der Waals surface area contributed by atoms with Crippen molar-refractivity contribution in [1.82, 2.24) is 4.98 Å². The van der Waals surface area contributed by atoms with Crippen molar-refractivity contribution >= 4 is 6.08 Å². The molecule has 82 valence electrons. The molecule has 0 spiro atoms. The highest BCUT2D eigenvalue weighted by Gasteiger charge is 1.89. The van der Waals surface area contributed by atoms with E-state index >= 15 is 0 Å². The van der Waals surface area contributed by atoms with E-state index in [1.54, 1.807) is 0 Å². The quantitative estimate of drug-likeness (QED) is 0.724. The summed E-state index contributed by atoms with van der Waals surface area (Å²) in [6.45, 7) is 2.31. The van der Waals surface area contributed by atoms with Gasteiger partial charge in [-0.1, -0.05) is 18.6 Å². The number of aryl methyl sites for hydroxylation is 1. The van der Waals surface area contributed by atoms with Gasteiger partial charge in [0.2, 0.25) is 0 Å². The molecule has 1 aromatic rings. The van der Waals surface area contributed by atoms with E-state index in [9.17, 15) is 0 Å². The molecule has 0 aromatic carbocycles. The molecule has 1 heterocycles. The number of aliphatic hydroxyl groups excluding tert-OH is 1. The summed E-state index contributed by atoms with van der Waals surface area (Å²) in [6, 6.07) is 6.03. The van der Waals surface area contributed by atoms with Gasteiger partial charge in [0.15, 0.2) is 0 Å². The molecule has 0 atom stereocenters. The fourth-order valence-electron chi connectivity index (χ4n) is 1.41. The Morgan fingerprint density at radius 2 is 2.13 bits per heavy atom. The minimum Gasteiger partial charge on any atom is -0.396 e. The van der Waals surface area contributed by atoms with Crippen molar-refractivity contribution < 1.29 is 5.11 Å². The summed E-state index contributed by atoms with van der Waals surface area (Å²) in [7, 11) is 0. The standard InChI is InChI=1S/C13H19NO/c1-12-8-7-10-13(14-12)9-5-3-2-4-6-11-15/h5,7-10,15H,2-4,6,11H2,1H3/b9-5+. The van der Waals surface area contributed by atoms with E-state index in [1.165, 1.54) is 0 Å². The lowest BCUT2D eigenvalue weighted by atomic mass is 10.2. The molecule has 1 aromatic heterocycles. The van der Waals surface area contributed by atoms with E-state index in [2.05, 4.69) is 17.1 Å². The molecule has 0 unspecified atom stereocenters. The first-order valence-electron chi connectivity index (χ1n) is 5.54. The first-order chi connectivity index (χ1) is 7.33. The molecule has 2 heteroatoms. The summed E-state index contributed by atoms with van der Waals surface area (Å²) in [6.07, 6.45) is 8.43. The van der Waals surface area contributed by atoms with Crippen LogP contribution in [0.1, 0.15) is 37.1 Å². The minimum absolute atomic E-state index is 0.309. The average Bonchev–Trinajstić information content (AvgIpc) is 2.23. The number of aliphatic hydroxyl groups is 1. The van der Waals surface area contributed by atoms with Gasteiger partial charge < -0.3 is 5.11 Å². The number of unbranched alkanes of at least 4 members (excludes halogenated alkanes) is 3. The average molecular weight is 205 g/mol. The molecule has 1 rings (SSSR count). The molecule has 0 aliphatic carbocycles. The van der Waals surface area contributed by atoms with Gasteiger partial charge in [0.05, 0.1) is 5.69 Å². The molecule has 0 fully saturated rings. The third kappa shape index (κ3) is 5.33. The van der Waals surface area contributed by atoms with Crippen LogP contribution in [0, 0.1) is 6.92 Å². The summed E-state index contributed by atoms with van der Waals surface area (Å²) in [5, 5.41) is 8.60. The van der Waals surface area contributed by atoms with Crippen LogP contribution in [0.15, 0.2) is 24.3 Å². The highest BCUT2D eigenvalue weighted by Crippen LogP contribution is 2.04. The van der Waals surface area contributed by atoms with Gasteiger partial charge in [0.1, 0.15) is 0 Å². The molecular formula is C13H19NO. The SMILES string of the molecule is Cc1cccc(/C=C/CCCCCO)n1. The molecular weight excluding hydrogens is 186 g/mol. The van der Waals surface area contributed by atoms with Gasteiger partial charge in [0.25, 0.3) is 0 Å². The summed E-state index contributed by atoms with van der Waals surface area (Å²) >= 11 is 0. The smallest absolute Gasteiger partial charge is 0.0629 e. The van der Waals surface area contributed by atoms with Crippen molar-refractivity contribution in [3.05, 3.63) is 35.7 Å². The van der Waals surface area contributed by atoms with E-state index in [4.69, 9.17) is 5.11 Å². The fourth-order valence-corrected chi connectivity index (χ4v) is 1.41. The number of hydrogen-bond donors (Lipinski definition) is 1. The summed E-state index contributed by atoms with van der Waals surface area (Å²) < 4.78 is 0. The van der Waals surface area contributed by atoms with Gasteiger partial charge in [-0.2, -0.15) is 0 Å². The molecule has 1 N–H and O–H groups in total. The molecule has 15 heavy (non-hydrogen) atoms. The van der Waals surface area contributed by atoms with Crippen LogP contribution in [-0.4, -0.2) is 16.7 Å². The lowest BCUT2D eigenvalue weighted by molar-refractivity contribution is 0.283. The van der Waals surface area contributed by atoms with Gasteiger partial charge in [-0.05, 0) is 44.4 Å². The molecule has 0 amide bonds. The van der Waals surface area contributed by atoms with Crippen LogP contribution in [0.3, 0.4) is 0 Å². The van der Waals surface area contributed by atoms with Crippen LogP contribution >= 0.6 is 0 Å². The zero-order valence-electron chi connectivity index (χ0n) is 9.32. The lowest BCUT2D eigenvalue weighted by Gasteiger charge is -1.96. The van der Waals surface area contributed by atoms with Crippen LogP contribution in [-0.2, 0) is 0 Å². The maximum atomic E-state index is 8.60. The summed E-state index contributed by atoms with van der Waals surface area (Å²) in [5.41, 5.74) is 2.08. The second kappa shape index (κ2) is 7.18. The van der Waals surface area contributed by atoms with Crippen molar-refractivity contribution in [3.8, 4) is 0 Å². The maximum Gasteiger partial charge on any atom is 0.0629 e. The Balaban J connectivity index is 2.26. The third-order valence-electron chi connectivity index (χ3n) is 2.23. The van der Waals surface area contributed by atoms with E-state index in [0.29, 0.717) is 6.61 Å². The summed E-state index contributed by atoms with van der Waals surface area (Å²) in [4.78, 5) is 4.38. The Morgan fingerprint density at radius 1 is 1.27 bits per heavy atom. The molecule has 0 aliphatic rings. The predicted octanol–water partition coefficient (Wildman–Crippen LogP) is 2.96. The molecule has 0 bridgehead atoms. The zero-order valence-corrected chi connectivity index (χ0v) is 9.32. The van der Waals surface area contributed by atoms with Crippen LogP contribution in [0.25, 0.3) is 6.08 Å². The highest BCUT2D eigenvalue weighted by molar-refractivity contribution is 5.44. The Bertz CT molecular complexity index is 307. The number of nitrogens with zero attached hydrogens (tertiary/aromatic N) is 1.